The normalized spacial score (nSPS) is 14.1. The first-order chi connectivity index (χ1) is 28.8. The Morgan fingerprint density at radius 2 is 0.759 bits per heavy atom. The first-order valence-corrected chi connectivity index (χ1v) is 24.3. The van der Waals surface area contributed by atoms with Gasteiger partial charge in [0.15, 0.2) is 16.1 Å². The third kappa shape index (κ3) is 5.96. The molecule has 0 nitrogen and oxygen atoms in total. The summed E-state index contributed by atoms with van der Waals surface area (Å²) < 4.78 is 0. The van der Waals surface area contributed by atoms with Crippen molar-refractivity contribution in [2.75, 3.05) is 0 Å². The van der Waals surface area contributed by atoms with Crippen LogP contribution in [0.15, 0.2) is 242 Å². The van der Waals surface area contributed by atoms with Crippen LogP contribution in [0.2, 0.25) is 0 Å². The van der Waals surface area contributed by atoms with Crippen molar-refractivity contribution in [1.29, 1.82) is 0 Å². The monoisotopic (exact) mass is 770 g/mol. The molecule has 0 unspecified atom stereocenters. The minimum absolute atomic E-state index is 0.137. The molecule has 274 valence electrons. The molecule has 0 heterocycles. The summed E-state index contributed by atoms with van der Waals surface area (Å²) in [5.74, 6) is -0.137. The van der Waals surface area contributed by atoms with E-state index in [9.17, 15) is 0 Å². The fraction of sp³-hybridized carbons (Fsp3) is 0.0357. The summed E-state index contributed by atoms with van der Waals surface area (Å²) in [6.07, 6.45) is 5.25. The van der Waals surface area contributed by atoms with Gasteiger partial charge in [-0.05, 0) is 82.3 Å². The van der Waals surface area contributed by atoms with Crippen molar-refractivity contribution < 1.29 is 0 Å². The van der Waals surface area contributed by atoms with Crippen LogP contribution >= 0.6 is 0 Å². The van der Waals surface area contributed by atoms with E-state index >= 15 is 0 Å². The summed E-state index contributed by atoms with van der Waals surface area (Å²) in [6.45, 7) is 0. The van der Waals surface area contributed by atoms with Gasteiger partial charge in [0.25, 0.3) is 0 Å². The third-order valence-electron chi connectivity index (χ3n) is 12.3. The quantitative estimate of drug-likeness (QED) is 0.103. The summed E-state index contributed by atoms with van der Waals surface area (Å²) in [7, 11) is -5.74. The number of benzene rings is 9. The third-order valence-corrected chi connectivity index (χ3v) is 21.8. The molecule has 0 saturated carbocycles. The predicted octanol–water partition coefficient (Wildman–Crippen LogP) is 8.14. The summed E-state index contributed by atoms with van der Waals surface area (Å²) in [5.41, 5.74) is 3.87. The molecule has 1 atom stereocenters. The molecule has 10 rings (SSSR count). The molecule has 0 aromatic heterocycles. The lowest BCUT2D eigenvalue weighted by Gasteiger charge is -2.39. The van der Waals surface area contributed by atoms with E-state index in [1.807, 2.05) is 0 Å². The molecule has 9 aromatic rings. The van der Waals surface area contributed by atoms with E-state index in [1.54, 1.807) is 0 Å². The number of hydrogen-bond donors (Lipinski definition) is 0. The Kier molecular flexibility index (Phi) is 9.50. The fourth-order valence-electron chi connectivity index (χ4n) is 9.76. The minimum atomic E-state index is -2.90. The van der Waals surface area contributed by atoms with E-state index in [4.69, 9.17) is 0 Å². The Morgan fingerprint density at radius 3 is 1.22 bits per heavy atom. The van der Waals surface area contributed by atoms with E-state index in [0.717, 1.165) is 6.42 Å². The van der Waals surface area contributed by atoms with E-state index in [2.05, 4.69) is 249 Å². The molecule has 0 bridgehead atoms. The van der Waals surface area contributed by atoms with Crippen molar-refractivity contribution in [2.45, 2.75) is 12.3 Å². The molecule has 0 spiro atoms. The van der Waals surface area contributed by atoms with Gasteiger partial charge in [-0.1, -0.05) is 242 Å². The van der Waals surface area contributed by atoms with Gasteiger partial charge in [-0.2, -0.15) is 0 Å². The van der Waals surface area contributed by atoms with Crippen LogP contribution in [0.3, 0.4) is 0 Å². The van der Waals surface area contributed by atoms with E-state index in [0.29, 0.717) is 0 Å². The van der Waals surface area contributed by atoms with Crippen LogP contribution in [0.1, 0.15) is 22.6 Å². The van der Waals surface area contributed by atoms with Crippen molar-refractivity contribution in [3.63, 3.8) is 0 Å². The van der Waals surface area contributed by atoms with Crippen molar-refractivity contribution in [2.24, 2.45) is 0 Å². The van der Waals surface area contributed by atoms with E-state index in [-0.39, 0.29) is 5.92 Å². The van der Waals surface area contributed by atoms with Crippen LogP contribution < -0.4 is 36.3 Å². The smallest absolute Gasteiger partial charge is 0.0623 e. The van der Waals surface area contributed by atoms with E-state index < -0.39 is 16.1 Å². The molecule has 0 fully saturated rings. The minimum Gasteiger partial charge on any atom is -0.0623 e. The van der Waals surface area contributed by atoms with Crippen LogP contribution in [-0.4, -0.2) is 16.1 Å². The van der Waals surface area contributed by atoms with Gasteiger partial charge in [-0.25, -0.2) is 0 Å². The highest BCUT2D eigenvalue weighted by Crippen LogP contribution is 2.40. The SMILES string of the molecule is [C]1=C([Si](c2ccccc2)(c2ccccc2)c2ccccc2)Cc2ccccc2[C@@H]1c1[c]c([Si](c2ccccc2)(c2ccccc2)c2ccccc2)cc2ccccc12. The molecule has 0 N–H and O–H groups in total. The van der Waals surface area contributed by atoms with Crippen molar-refractivity contribution >= 4 is 63.2 Å². The maximum atomic E-state index is 4.42. The lowest BCUT2D eigenvalue weighted by Crippen LogP contribution is -2.74. The van der Waals surface area contributed by atoms with Crippen LogP contribution in [0.5, 0.6) is 0 Å². The second kappa shape index (κ2) is 15.4. The Morgan fingerprint density at radius 1 is 0.379 bits per heavy atom. The van der Waals surface area contributed by atoms with Gasteiger partial charge in [-0.15, -0.1) is 0 Å². The molecule has 1 aliphatic rings. The molecule has 0 aliphatic heterocycles. The molecule has 2 heteroatoms. The van der Waals surface area contributed by atoms with Gasteiger partial charge in [0, 0.05) is 5.92 Å². The maximum Gasteiger partial charge on any atom is 0.180 e. The molecular weight excluding hydrogens is 729 g/mol. The molecule has 0 amide bonds. The van der Waals surface area contributed by atoms with Gasteiger partial charge in [0.2, 0.25) is 0 Å². The van der Waals surface area contributed by atoms with Gasteiger partial charge in [-0.3, -0.25) is 0 Å². The summed E-state index contributed by atoms with van der Waals surface area (Å²) in [4.78, 5) is 0. The van der Waals surface area contributed by atoms with Crippen LogP contribution in [0.4, 0.5) is 0 Å². The summed E-state index contributed by atoms with van der Waals surface area (Å²) >= 11 is 0. The molecule has 58 heavy (non-hydrogen) atoms. The van der Waals surface area contributed by atoms with E-state index in [1.165, 1.54) is 69.0 Å². The molecule has 1 aliphatic carbocycles. The Bertz CT molecular complexity index is 2640. The first-order valence-electron chi connectivity index (χ1n) is 20.3. The summed E-state index contributed by atoms with van der Waals surface area (Å²) in [5, 5.41) is 13.3. The molecule has 0 saturated heterocycles. The predicted molar refractivity (Wildman–Crippen MR) is 249 cm³/mol. The maximum absolute atomic E-state index is 4.42. The lowest BCUT2D eigenvalue weighted by atomic mass is 9.81. The van der Waals surface area contributed by atoms with Gasteiger partial charge in [0.1, 0.15) is 0 Å². The highest BCUT2D eigenvalue weighted by atomic mass is 28.3. The van der Waals surface area contributed by atoms with Crippen LogP contribution in [-0.2, 0) is 6.42 Å². The lowest BCUT2D eigenvalue weighted by molar-refractivity contribution is 0.921. The number of rotatable bonds is 9. The molecular formula is C56H42Si2. The number of fused-ring (bicyclic) bond motifs is 2. The average molecular weight is 771 g/mol. The summed E-state index contributed by atoms with van der Waals surface area (Å²) in [6, 6.07) is 92.4. The topological polar surface area (TPSA) is 0 Å². The second-order valence-electron chi connectivity index (χ2n) is 15.3. The first kappa shape index (κ1) is 35.8. The van der Waals surface area contributed by atoms with Gasteiger partial charge in [0.05, 0.1) is 0 Å². The molecule has 9 aromatic carbocycles. The van der Waals surface area contributed by atoms with Crippen LogP contribution in [0, 0.1) is 12.1 Å². The number of hydrogen-bond acceptors (Lipinski definition) is 0. The Balaban J connectivity index is 1.31. The standard InChI is InChI=1S/C56H42Si2/c1-7-25-45(26-8-1)57(46-27-9-2-10-28-46,47-29-11-3-12-30-47)51-39-43-23-19-21-37-53(43)55(41-51)56-42-52(40-44-24-20-22-38-54(44)56)58(48-31-13-4-14-32-48,49-33-15-5-16-34-49)50-35-17-6-18-36-50/h1-39,56H,40H2/t56-/m1/s1. The second-order valence-corrected chi connectivity index (χ2v) is 22.9. The van der Waals surface area contributed by atoms with Crippen molar-refractivity contribution in [1.82, 2.24) is 0 Å². The number of allylic oxidation sites excluding steroid dienone is 2. The van der Waals surface area contributed by atoms with Crippen LogP contribution in [0.25, 0.3) is 10.8 Å². The molecule has 2 radical (unpaired) electrons. The largest absolute Gasteiger partial charge is 0.180 e. The zero-order valence-electron chi connectivity index (χ0n) is 32.3. The van der Waals surface area contributed by atoms with Crippen molar-refractivity contribution in [3.8, 4) is 0 Å². The fourth-order valence-corrected chi connectivity index (χ4v) is 19.4. The Labute approximate surface area is 344 Å². The zero-order valence-corrected chi connectivity index (χ0v) is 34.3. The highest BCUT2D eigenvalue weighted by Gasteiger charge is 2.46. The van der Waals surface area contributed by atoms with Gasteiger partial charge < -0.3 is 0 Å². The van der Waals surface area contributed by atoms with Crippen molar-refractivity contribution in [3.05, 3.63) is 271 Å². The zero-order chi connectivity index (χ0) is 38.8. The highest BCUT2D eigenvalue weighted by molar-refractivity contribution is 7.20. The Hall–Kier alpha value is -6.59. The average Bonchev–Trinajstić information content (AvgIpc) is 3.31. The van der Waals surface area contributed by atoms with Gasteiger partial charge >= 0.3 is 0 Å².